The number of nitrogens with zero attached hydrogens (tertiary/aromatic N) is 5. The van der Waals surface area contributed by atoms with Crippen LogP contribution in [0.15, 0.2) is 41.5 Å². The van der Waals surface area contributed by atoms with Gasteiger partial charge in [-0.15, -0.1) is 0 Å². The molecule has 0 fully saturated rings. The van der Waals surface area contributed by atoms with E-state index in [1.54, 1.807) is 25.4 Å². The predicted molar refractivity (Wildman–Crippen MR) is 152 cm³/mol. The monoisotopic (exact) mass is 585 g/mol. The first kappa shape index (κ1) is 29.1. The molecule has 0 radical (unpaired) electrons. The molecule has 0 bridgehead atoms. The molecule has 1 aromatic carbocycles. The highest BCUT2D eigenvalue weighted by Crippen LogP contribution is 2.40. The second-order valence-corrected chi connectivity index (χ2v) is 10.5. The number of halogens is 2. The van der Waals surface area contributed by atoms with Crippen molar-refractivity contribution < 1.29 is 19.4 Å². The van der Waals surface area contributed by atoms with E-state index in [4.69, 9.17) is 32.7 Å². The smallest absolute Gasteiger partial charge is 0.356 e. The summed E-state index contributed by atoms with van der Waals surface area (Å²) in [6.07, 6.45) is 3.51. The third kappa shape index (κ3) is 5.55. The standard InChI is InChI=1S/C28H29Cl2N5O5/c1-14(2)24-22(23(27(37)38)33-35(24)21-12-31-28(40-6)32-25(21)39-5)19(18-8-7-17(29)9-15(18)3)10-16-11-20(30)26(36)34(4)13-16/h7-9,11-14,19H,10H2,1-6H3,(H,37,38). The lowest BCUT2D eigenvalue weighted by Crippen LogP contribution is -2.19. The van der Waals surface area contributed by atoms with Gasteiger partial charge < -0.3 is 19.1 Å². The summed E-state index contributed by atoms with van der Waals surface area (Å²) in [5.41, 5.74) is 3.53. The fourth-order valence-corrected chi connectivity index (χ4v) is 5.40. The second kappa shape index (κ2) is 11.7. The van der Waals surface area contributed by atoms with Crippen molar-refractivity contribution in [1.29, 1.82) is 0 Å². The minimum atomic E-state index is -1.20. The number of hydrogen-bond donors (Lipinski definition) is 1. The number of hydrogen-bond acceptors (Lipinski definition) is 7. The molecule has 210 valence electrons. The van der Waals surface area contributed by atoms with Gasteiger partial charge in [-0.3, -0.25) is 4.79 Å². The highest BCUT2D eigenvalue weighted by atomic mass is 35.5. The molecule has 0 saturated heterocycles. The van der Waals surface area contributed by atoms with Crippen LogP contribution in [0.2, 0.25) is 10.0 Å². The van der Waals surface area contributed by atoms with Gasteiger partial charge in [-0.25, -0.2) is 14.5 Å². The average molecular weight is 586 g/mol. The summed E-state index contributed by atoms with van der Waals surface area (Å²) >= 11 is 12.5. The number of carboxylic acid groups (broad SMARTS) is 1. The van der Waals surface area contributed by atoms with Gasteiger partial charge in [0.1, 0.15) is 10.7 Å². The van der Waals surface area contributed by atoms with Gasteiger partial charge in [0.15, 0.2) is 5.69 Å². The molecule has 40 heavy (non-hydrogen) atoms. The van der Waals surface area contributed by atoms with E-state index in [1.807, 2.05) is 32.9 Å². The maximum atomic E-state index is 12.7. The molecule has 0 amide bonds. The topological polar surface area (TPSA) is 121 Å². The van der Waals surface area contributed by atoms with Gasteiger partial charge >= 0.3 is 12.0 Å². The van der Waals surface area contributed by atoms with Crippen LogP contribution in [0.5, 0.6) is 11.9 Å². The van der Waals surface area contributed by atoms with Crippen LogP contribution in [-0.4, -0.2) is 49.6 Å². The van der Waals surface area contributed by atoms with Crippen molar-refractivity contribution in [3.8, 4) is 17.6 Å². The molecule has 0 saturated carbocycles. The Kier molecular flexibility index (Phi) is 8.51. The van der Waals surface area contributed by atoms with Crippen molar-refractivity contribution in [2.45, 2.75) is 39.0 Å². The first-order valence-corrected chi connectivity index (χ1v) is 13.1. The Morgan fingerprint density at radius 3 is 2.45 bits per heavy atom. The largest absolute Gasteiger partial charge is 0.479 e. The molecule has 10 nitrogen and oxygen atoms in total. The molecule has 1 unspecified atom stereocenters. The molecule has 4 rings (SSSR count). The number of aromatic carboxylic acids is 1. The normalized spacial score (nSPS) is 12.0. The number of methoxy groups -OCH3 is 2. The molecular weight excluding hydrogens is 557 g/mol. The molecule has 12 heteroatoms. The van der Waals surface area contributed by atoms with Crippen LogP contribution in [0.4, 0.5) is 0 Å². The molecule has 3 aromatic heterocycles. The third-order valence-corrected chi connectivity index (χ3v) is 7.12. The van der Waals surface area contributed by atoms with E-state index in [1.165, 1.54) is 29.7 Å². The summed E-state index contributed by atoms with van der Waals surface area (Å²) in [5, 5.41) is 15.6. The van der Waals surface area contributed by atoms with E-state index < -0.39 is 11.9 Å². The summed E-state index contributed by atoms with van der Waals surface area (Å²) in [6.45, 7) is 5.82. The van der Waals surface area contributed by atoms with Gasteiger partial charge in [-0.2, -0.15) is 10.1 Å². The van der Waals surface area contributed by atoms with Gasteiger partial charge in [0, 0.05) is 29.7 Å². The first-order chi connectivity index (χ1) is 19.0. The highest BCUT2D eigenvalue weighted by Gasteiger charge is 2.33. The van der Waals surface area contributed by atoms with E-state index in [2.05, 4.69) is 15.1 Å². The van der Waals surface area contributed by atoms with Gasteiger partial charge in [0.25, 0.3) is 5.56 Å². The van der Waals surface area contributed by atoms with E-state index in [9.17, 15) is 14.7 Å². The number of pyridine rings is 1. The van der Waals surface area contributed by atoms with E-state index in [0.717, 1.165) is 16.7 Å². The second-order valence-electron chi connectivity index (χ2n) is 9.64. The van der Waals surface area contributed by atoms with Crippen molar-refractivity contribution in [2.75, 3.05) is 14.2 Å². The lowest BCUT2D eigenvalue weighted by atomic mass is 9.81. The summed E-state index contributed by atoms with van der Waals surface area (Å²) in [7, 11) is 4.51. The number of aromatic nitrogens is 5. The molecule has 1 atom stereocenters. The van der Waals surface area contributed by atoms with Crippen LogP contribution in [-0.2, 0) is 13.5 Å². The van der Waals surface area contributed by atoms with Gasteiger partial charge in [0.2, 0.25) is 5.88 Å². The minimum absolute atomic E-state index is 0.0740. The average Bonchev–Trinajstić information content (AvgIpc) is 3.31. The zero-order chi connectivity index (χ0) is 29.3. The lowest BCUT2D eigenvalue weighted by molar-refractivity contribution is 0.0688. The van der Waals surface area contributed by atoms with E-state index >= 15 is 0 Å². The lowest BCUT2D eigenvalue weighted by Gasteiger charge is -2.23. The number of aryl methyl sites for hydroxylation is 2. The number of rotatable bonds is 9. The number of carbonyl (C=O) groups is 1. The Morgan fingerprint density at radius 1 is 1.15 bits per heavy atom. The SMILES string of the molecule is COc1ncc(-n2nc(C(=O)O)c(C(Cc3cc(Cl)c(=O)n(C)c3)c3ccc(Cl)cc3C)c2C(C)C)c(OC)n1. The number of benzene rings is 1. The van der Waals surface area contributed by atoms with Gasteiger partial charge in [-0.1, -0.05) is 43.1 Å². The zero-order valence-electron chi connectivity index (χ0n) is 22.9. The summed E-state index contributed by atoms with van der Waals surface area (Å²) in [5.74, 6) is -1.70. The van der Waals surface area contributed by atoms with Crippen molar-refractivity contribution >= 4 is 29.2 Å². The Labute approximate surface area is 241 Å². The van der Waals surface area contributed by atoms with Gasteiger partial charge in [0.05, 0.1) is 26.1 Å². The van der Waals surface area contributed by atoms with Crippen LogP contribution < -0.4 is 15.0 Å². The number of ether oxygens (including phenoxy) is 2. The molecular formula is C28H29Cl2N5O5. The van der Waals surface area contributed by atoms with Gasteiger partial charge in [-0.05, 0) is 54.2 Å². The Morgan fingerprint density at radius 2 is 1.88 bits per heavy atom. The Hall–Kier alpha value is -3.89. The zero-order valence-corrected chi connectivity index (χ0v) is 24.4. The highest BCUT2D eigenvalue weighted by molar-refractivity contribution is 6.30. The molecule has 4 aromatic rings. The molecule has 3 heterocycles. The summed E-state index contributed by atoms with van der Waals surface area (Å²) < 4.78 is 13.6. The maximum absolute atomic E-state index is 12.7. The molecule has 0 spiro atoms. The van der Waals surface area contributed by atoms with Crippen LogP contribution in [0, 0.1) is 6.92 Å². The summed E-state index contributed by atoms with van der Waals surface area (Å²) in [4.78, 5) is 33.5. The van der Waals surface area contributed by atoms with Crippen molar-refractivity contribution in [3.63, 3.8) is 0 Å². The van der Waals surface area contributed by atoms with Crippen LogP contribution in [0.3, 0.4) is 0 Å². The van der Waals surface area contributed by atoms with Crippen molar-refractivity contribution in [1.82, 2.24) is 24.3 Å². The van der Waals surface area contributed by atoms with Crippen LogP contribution in [0.25, 0.3) is 5.69 Å². The fraction of sp³-hybridized carbons (Fsp3) is 0.321. The van der Waals surface area contributed by atoms with Crippen molar-refractivity contribution in [2.24, 2.45) is 7.05 Å². The fourth-order valence-electron chi connectivity index (χ4n) is 4.90. The van der Waals surface area contributed by atoms with Crippen molar-refractivity contribution in [3.05, 3.63) is 90.7 Å². The first-order valence-electron chi connectivity index (χ1n) is 12.4. The number of carboxylic acids is 1. The molecule has 0 aliphatic rings. The minimum Gasteiger partial charge on any atom is -0.479 e. The third-order valence-electron chi connectivity index (χ3n) is 6.62. The Bertz CT molecular complexity index is 1620. The quantitative estimate of drug-likeness (QED) is 0.285. The predicted octanol–water partition coefficient (Wildman–Crippen LogP) is 5.19. The summed E-state index contributed by atoms with van der Waals surface area (Å²) in [6, 6.07) is 7.19. The maximum Gasteiger partial charge on any atom is 0.356 e. The van der Waals surface area contributed by atoms with E-state index in [-0.39, 0.29) is 34.1 Å². The molecule has 0 aliphatic carbocycles. The van der Waals surface area contributed by atoms with Crippen LogP contribution >= 0.6 is 23.2 Å². The Balaban J connectivity index is 2.06. The van der Waals surface area contributed by atoms with Crippen LogP contribution in [0.1, 0.15) is 64.1 Å². The van der Waals surface area contributed by atoms with E-state index in [0.29, 0.717) is 28.4 Å². The molecule has 0 aliphatic heterocycles. The molecule has 1 N–H and O–H groups in total.